The SMILES string of the molecule is Cc1ccc(S(=O)(=O)n2c(C(=O)/C(C#N)=C\N(C)C)cc3ccc(-c4ccccn4)cc32)cc1. The molecule has 4 rings (SSSR count). The fourth-order valence-electron chi connectivity index (χ4n) is 3.64. The maximum atomic E-state index is 13.8. The van der Waals surface area contributed by atoms with Crippen LogP contribution in [0.25, 0.3) is 22.2 Å². The highest BCUT2D eigenvalue weighted by molar-refractivity contribution is 7.90. The molecule has 0 aliphatic heterocycles. The number of aryl methyl sites for hydroxylation is 1. The molecule has 0 saturated carbocycles. The second kappa shape index (κ2) is 8.96. The number of aromatic nitrogens is 2. The second-order valence-corrected chi connectivity index (χ2v) is 9.83. The molecule has 0 N–H and O–H groups in total. The third-order valence-corrected chi connectivity index (χ3v) is 7.01. The molecule has 0 radical (unpaired) electrons. The third-order valence-electron chi connectivity index (χ3n) is 5.27. The quantitative estimate of drug-likeness (QED) is 0.235. The lowest BCUT2D eigenvalue weighted by Gasteiger charge is -2.13. The molecular formula is C26H22N4O3S. The summed E-state index contributed by atoms with van der Waals surface area (Å²) in [6, 6.07) is 20.5. The number of pyridine rings is 1. The van der Waals surface area contributed by atoms with Crippen molar-refractivity contribution in [2.75, 3.05) is 14.1 Å². The minimum Gasteiger partial charge on any atom is -0.382 e. The van der Waals surface area contributed by atoms with Crippen molar-refractivity contribution in [3.63, 3.8) is 0 Å². The van der Waals surface area contributed by atoms with Gasteiger partial charge in [0.15, 0.2) is 0 Å². The van der Waals surface area contributed by atoms with Crippen LogP contribution in [-0.4, -0.2) is 42.2 Å². The molecule has 0 aliphatic carbocycles. The van der Waals surface area contributed by atoms with Crippen molar-refractivity contribution in [1.29, 1.82) is 5.26 Å². The van der Waals surface area contributed by atoms with Gasteiger partial charge in [0.25, 0.3) is 10.0 Å². The van der Waals surface area contributed by atoms with E-state index in [1.54, 1.807) is 55.5 Å². The molecule has 170 valence electrons. The molecule has 0 unspecified atom stereocenters. The number of nitrogens with zero attached hydrogens (tertiary/aromatic N) is 4. The Morgan fingerprint density at radius 2 is 1.79 bits per heavy atom. The summed E-state index contributed by atoms with van der Waals surface area (Å²) in [4.78, 5) is 19.3. The zero-order chi connectivity index (χ0) is 24.5. The highest BCUT2D eigenvalue weighted by atomic mass is 32.2. The first-order valence-electron chi connectivity index (χ1n) is 10.4. The standard InChI is InChI=1S/C26H22N4O3S/c1-18-7-11-22(12-8-18)34(32,33)30-24-14-19(23-6-4-5-13-28-23)9-10-20(24)15-25(30)26(31)21(16-27)17-29(2)3/h4-15,17H,1-3H3/b21-17-. The molecule has 0 aliphatic rings. The van der Waals surface area contributed by atoms with Gasteiger partial charge in [0, 0.05) is 37.4 Å². The van der Waals surface area contributed by atoms with Crippen LogP contribution in [0.4, 0.5) is 0 Å². The average molecular weight is 471 g/mol. The first-order chi connectivity index (χ1) is 16.2. The third kappa shape index (κ3) is 4.21. The van der Waals surface area contributed by atoms with Crippen LogP contribution in [0, 0.1) is 18.3 Å². The van der Waals surface area contributed by atoms with E-state index < -0.39 is 15.8 Å². The Kier molecular flexibility index (Phi) is 6.05. The van der Waals surface area contributed by atoms with Gasteiger partial charge in [-0.15, -0.1) is 0 Å². The van der Waals surface area contributed by atoms with E-state index in [0.29, 0.717) is 22.2 Å². The van der Waals surface area contributed by atoms with Crippen molar-refractivity contribution in [3.8, 4) is 17.3 Å². The lowest BCUT2D eigenvalue weighted by atomic mass is 10.1. The summed E-state index contributed by atoms with van der Waals surface area (Å²) < 4.78 is 28.6. The van der Waals surface area contributed by atoms with Crippen LogP contribution in [0.1, 0.15) is 16.1 Å². The van der Waals surface area contributed by atoms with Crippen LogP contribution in [0.2, 0.25) is 0 Å². The number of carbonyl (C=O) groups excluding carboxylic acids is 1. The summed E-state index contributed by atoms with van der Waals surface area (Å²) in [5, 5.41) is 10.1. The van der Waals surface area contributed by atoms with Crippen molar-refractivity contribution < 1.29 is 13.2 Å². The molecule has 2 aromatic carbocycles. The van der Waals surface area contributed by atoms with Gasteiger partial charge in [0.1, 0.15) is 17.3 Å². The number of benzene rings is 2. The van der Waals surface area contributed by atoms with Gasteiger partial charge in [0.05, 0.1) is 16.1 Å². The number of ketones is 1. The first-order valence-corrected chi connectivity index (χ1v) is 11.9. The maximum absolute atomic E-state index is 13.8. The molecule has 0 spiro atoms. The Morgan fingerprint density at radius 1 is 1.06 bits per heavy atom. The summed E-state index contributed by atoms with van der Waals surface area (Å²) in [5.74, 6) is -0.678. The van der Waals surface area contributed by atoms with Crippen LogP contribution < -0.4 is 0 Å². The normalized spacial score (nSPS) is 11.9. The van der Waals surface area contributed by atoms with E-state index in [0.717, 1.165) is 9.54 Å². The minimum absolute atomic E-state index is 0.0444. The highest BCUT2D eigenvalue weighted by Gasteiger charge is 2.28. The van der Waals surface area contributed by atoms with Crippen molar-refractivity contribution in [2.45, 2.75) is 11.8 Å². The highest BCUT2D eigenvalue weighted by Crippen LogP contribution is 2.31. The van der Waals surface area contributed by atoms with Crippen LogP contribution in [0.15, 0.2) is 89.6 Å². The van der Waals surface area contributed by atoms with Crippen molar-refractivity contribution in [2.24, 2.45) is 0 Å². The number of hydrogen-bond donors (Lipinski definition) is 0. The van der Waals surface area contributed by atoms with E-state index in [2.05, 4.69) is 4.98 Å². The molecule has 0 atom stereocenters. The Labute approximate surface area is 198 Å². The van der Waals surface area contributed by atoms with Crippen LogP contribution in [0.3, 0.4) is 0 Å². The second-order valence-electron chi connectivity index (χ2n) is 8.05. The predicted molar refractivity (Wildman–Crippen MR) is 131 cm³/mol. The maximum Gasteiger partial charge on any atom is 0.268 e. The van der Waals surface area contributed by atoms with Crippen LogP contribution in [0.5, 0.6) is 0 Å². The molecule has 0 fully saturated rings. The fourth-order valence-corrected chi connectivity index (χ4v) is 5.14. The zero-order valence-corrected chi connectivity index (χ0v) is 19.7. The van der Waals surface area contributed by atoms with Gasteiger partial charge < -0.3 is 4.90 Å². The molecule has 7 nitrogen and oxygen atoms in total. The number of carbonyl (C=O) groups is 1. The van der Waals surface area contributed by atoms with E-state index in [4.69, 9.17) is 0 Å². The van der Waals surface area contributed by atoms with Gasteiger partial charge >= 0.3 is 0 Å². The number of Topliss-reactive ketones (excluding diaryl/α,β-unsaturated/α-hetero) is 1. The van der Waals surface area contributed by atoms with Crippen LogP contribution in [-0.2, 0) is 10.0 Å². The number of nitriles is 1. The van der Waals surface area contributed by atoms with Crippen molar-refractivity contribution >= 4 is 26.7 Å². The number of allylic oxidation sites excluding steroid dienone is 1. The molecule has 2 heterocycles. The number of rotatable bonds is 6. The molecule has 0 bridgehead atoms. The summed E-state index contributed by atoms with van der Waals surface area (Å²) in [5.41, 5.74) is 2.33. The number of fused-ring (bicyclic) bond motifs is 1. The lowest BCUT2D eigenvalue weighted by Crippen LogP contribution is -2.20. The number of hydrogen-bond acceptors (Lipinski definition) is 6. The topological polar surface area (TPSA) is 96.1 Å². The van der Waals surface area contributed by atoms with Crippen LogP contribution >= 0.6 is 0 Å². The van der Waals surface area contributed by atoms with Crippen molar-refractivity contribution in [1.82, 2.24) is 13.9 Å². The molecular weight excluding hydrogens is 448 g/mol. The van der Waals surface area contributed by atoms with Gasteiger partial charge in [-0.2, -0.15) is 5.26 Å². The van der Waals surface area contributed by atoms with E-state index in [1.165, 1.54) is 24.4 Å². The van der Waals surface area contributed by atoms with Gasteiger partial charge in [0.2, 0.25) is 5.78 Å². The molecule has 34 heavy (non-hydrogen) atoms. The Bertz CT molecular complexity index is 1560. The van der Waals surface area contributed by atoms with Gasteiger partial charge in [-0.25, -0.2) is 12.4 Å². The summed E-state index contributed by atoms with van der Waals surface area (Å²) in [6.07, 6.45) is 3.03. The monoisotopic (exact) mass is 470 g/mol. The fraction of sp³-hybridized carbons (Fsp3) is 0.115. The molecule has 8 heteroatoms. The predicted octanol–water partition coefficient (Wildman–Crippen LogP) is 4.40. The molecule has 2 aromatic heterocycles. The van der Waals surface area contributed by atoms with E-state index in [9.17, 15) is 18.5 Å². The minimum atomic E-state index is -4.16. The lowest BCUT2D eigenvalue weighted by molar-refractivity contribution is 0.103. The van der Waals surface area contributed by atoms with Gasteiger partial charge in [-0.1, -0.05) is 35.9 Å². The Hall–Kier alpha value is -4.22. The first kappa shape index (κ1) is 23.0. The molecule has 4 aromatic rings. The smallest absolute Gasteiger partial charge is 0.268 e. The van der Waals surface area contributed by atoms with E-state index >= 15 is 0 Å². The molecule has 0 amide bonds. The van der Waals surface area contributed by atoms with Gasteiger partial charge in [-0.05, 0) is 43.3 Å². The molecule has 0 saturated heterocycles. The van der Waals surface area contributed by atoms with Crippen molar-refractivity contribution in [3.05, 3.63) is 96.0 Å². The summed E-state index contributed by atoms with van der Waals surface area (Å²) in [7, 11) is -0.793. The zero-order valence-electron chi connectivity index (χ0n) is 18.9. The average Bonchev–Trinajstić information content (AvgIpc) is 3.22. The summed E-state index contributed by atoms with van der Waals surface area (Å²) >= 11 is 0. The van der Waals surface area contributed by atoms with E-state index in [1.807, 2.05) is 31.2 Å². The Balaban J connectivity index is 2.03. The largest absolute Gasteiger partial charge is 0.382 e. The Morgan fingerprint density at radius 3 is 2.41 bits per heavy atom. The summed E-state index contributed by atoms with van der Waals surface area (Å²) in [6.45, 7) is 1.86. The van der Waals surface area contributed by atoms with Gasteiger partial charge in [-0.3, -0.25) is 9.78 Å². The van der Waals surface area contributed by atoms with E-state index in [-0.39, 0.29) is 16.2 Å².